The molecule has 176 valence electrons. The van der Waals surface area contributed by atoms with Crippen LogP contribution in [-0.2, 0) is 24.0 Å². The van der Waals surface area contributed by atoms with Crippen molar-refractivity contribution in [2.24, 2.45) is 5.73 Å². The number of nitrogens with one attached hydrogen (secondary N) is 2. The van der Waals surface area contributed by atoms with Crippen LogP contribution < -0.4 is 16.4 Å². The summed E-state index contributed by atoms with van der Waals surface area (Å²) in [7, 11) is 0. The number of benzene rings is 1. The van der Waals surface area contributed by atoms with E-state index in [0.29, 0.717) is 17.3 Å². The lowest BCUT2D eigenvalue weighted by Gasteiger charge is -2.23. The maximum atomic E-state index is 12.3. The first-order valence-electron chi connectivity index (χ1n) is 9.37. The highest BCUT2D eigenvalue weighted by Gasteiger charge is 2.31. The molecule has 0 spiro atoms. The van der Waals surface area contributed by atoms with Crippen molar-refractivity contribution in [3.63, 3.8) is 0 Å². The predicted octanol–water partition coefficient (Wildman–Crippen LogP) is -1.22. The molecule has 2 amide bonds. The molecule has 1 rings (SSSR count). The Labute approximate surface area is 187 Å². The molecule has 0 fully saturated rings. The van der Waals surface area contributed by atoms with Crippen LogP contribution in [0.15, 0.2) is 30.3 Å². The summed E-state index contributed by atoms with van der Waals surface area (Å²) in [6, 6.07) is 5.37. The highest BCUT2D eigenvalue weighted by atomic mass is 32.2. The molecule has 0 radical (unpaired) electrons. The zero-order chi connectivity index (χ0) is 24.3. The average Bonchev–Trinajstić information content (AvgIpc) is 2.75. The van der Waals surface area contributed by atoms with Crippen LogP contribution >= 0.6 is 11.8 Å². The summed E-state index contributed by atoms with van der Waals surface area (Å²) in [4.78, 5) is 57.6. The monoisotopic (exact) mass is 471 g/mol. The van der Waals surface area contributed by atoms with Gasteiger partial charge in [0, 0.05) is 12.2 Å². The van der Waals surface area contributed by atoms with Crippen LogP contribution in [0.5, 0.6) is 0 Å². The Balaban J connectivity index is 2.87. The molecule has 4 atom stereocenters. The highest BCUT2D eigenvalue weighted by molar-refractivity contribution is 8.00. The van der Waals surface area contributed by atoms with Gasteiger partial charge >= 0.3 is 17.9 Å². The summed E-state index contributed by atoms with van der Waals surface area (Å²) in [6.07, 6.45) is -1.94. The normalized spacial score (nSPS) is 14.4. The van der Waals surface area contributed by atoms with Crippen LogP contribution in [0.1, 0.15) is 24.5 Å². The lowest BCUT2D eigenvalue weighted by Crippen LogP contribution is -2.50. The lowest BCUT2D eigenvalue weighted by molar-refractivity contribution is -0.139. The fourth-order valence-electron chi connectivity index (χ4n) is 2.47. The number of aliphatic hydroxyl groups is 1. The van der Waals surface area contributed by atoms with Crippen molar-refractivity contribution in [3.05, 3.63) is 35.9 Å². The molecule has 1 aromatic rings. The molecule has 8 N–H and O–H groups in total. The van der Waals surface area contributed by atoms with Crippen LogP contribution in [0.2, 0.25) is 0 Å². The van der Waals surface area contributed by atoms with Crippen molar-refractivity contribution in [2.75, 3.05) is 12.3 Å². The number of amides is 2. The predicted molar refractivity (Wildman–Crippen MR) is 113 cm³/mol. The molecule has 0 saturated heterocycles. The van der Waals surface area contributed by atoms with E-state index < -0.39 is 59.7 Å². The third kappa shape index (κ3) is 9.32. The number of hydrogen-bond donors (Lipinski definition) is 7. The summed E-state index contributed by atoms with van der Waals surface area (Å²) in [5.41, 5.74) is 5.67. The largest absolute Gasteiger partial charge is 0.480 e. The Morgan fingerprint density at radius 1 is 1.00 bits per heavy atom. The van der Waals surface area contributed by atoms with Crippen molar-refractivity contribution in [1.82, 2.24) is 10.6 Å². The first-order valence-corrected chi connectivity index (χ1v) is 10.4. The van der Waals surface area contributed by atoms with Gasteiger partial charge in [0.1, 0.15) is 30.0 Å². The number of carbonyl (C=O) groups excluding carboxylic acids is 2. The number of carbonyl (C=O) groups is 5. The first-order chi connectivity index (χ1) is 15.0. The summed E-state index contributed by atoms with van der Waals surface area (Å²) in [5, 5.41) is 40.4. The Hall–Kier alpha value is -3.16. The second-order valence-corrected chi connectivity index (χ2v) is 7.84. The van der Waals surface area contributed by atoms with E-state index in [0.717, 1.165) is 0 Å². The van der Waals surface area contributed by atoms with Crippen molar-refractivity contribution in [3.8, 4) is 0 Å². The number of rotatable bonds is 14. The molecule has 0 saturated carbocycles. The molecule has 0 bridgehead atoms. The van der Waals surface area contributed by atoms with E-state index in [4.69, 9.17) is 15.9 Å². The lowest BCUT2D eigenvalue weighted by atomic mass is 10.1. The summed E-state index contributed by atoms with van der Waals surface area (Å²) in [6.45, 7) is -0.727. The highest BCUT2D eigenvalue weighted by Crippen LogP contribution is 2.27. The summed E-state index contributed by atoms with van der Waals surface area (Å²) in [5.74, 6) is -5.89. The molecule has 0 aliphatic carbocycles. The van der Waals surface area contributed by atoms with Gasteiger partial charge in [-0.2, -0.15) is 0 Å². The van der Waals surface area contributed by atoms with Gasteiger partial charge in [0.05, 0.1) is 0 Å². The number of hydrogen-bond acceptors (Lipinski definition) is 8. The topological polar surface area (TPSA) is 216 Å². The molecule has 12 nitrogen and oxygen atoms in total. The van der Waals surface area contributed by atoms with Gasteiger partial charge in [-0.05, 0) is 12.0 Å². The quantitative estimate of drug-likeness (QED) is 0.171. The van der Waals surface area contributed by atoms with E-state index in [2.05, 4.69) is 10.6 Å². The van der Waals surface area contributed by atoms with E-state index in [-0.39, 0.29) is 18.6 Å². The van der Waals surface area contributed by atoms with Crippen LogP contribution in [0.3, 0.4) is 0 Å². The number of aliphatic hydroxyl groups excluding tert-OH is 1. The first kappa shape index (κ1) is 26.9. The number of carboxylic acids is 3. The van der Waals surface area contributed by atoms with Gasteiger partial charge in [0.2, 0.25) is 11.8 Å². The van der Waals surface area contributed by atoms with Crippen molar-refractivity contribution >= 4 is 41.5 Å². The van der Waals surface area contributed by atoms with E-state index >= 15 is 0 Å². The molecule has 0 aliphatic heterocycles. The second kappa shape index (κ2) is 13.3. The maximum Gasteiger partial charge on any atom is 0.322 e. The number of aliphatic carboxylic acids is 3. The number of nitrogens with two attached hydrogens (primary N) is 1. The van der Waals surface area contributed by atoms with E-state index in [1.165, 1.54) is 12.1 Å². The van der Waals surface area contributed by atoms with Crippen LogP contribution in [-0.4, -0.2) is 79.8 Å². The van der Waals surface area contributed by atoms with Gasteiger partial charge in [-0.3, -0.25) is 24.0 Å². The van der Waals surface area contributed by atoms with E-state index in [9.17, 15) is 34.2 Å². The molecule has 1 aromatic carbocycles. The zero-order valence-electron chi connectivity index (χ0n) is 16.8. The fraction of sp³-hybridized carbons (Fsp3) is 0.421. The molecular weight excluding hydrogens is 446 g/mol. The summed E-state index contributed by atoms with van der Waals surface area (Å²) < 4.78 is 0. The Bertz CT molecular complexity index is 822. The average molecular weight is 471 g/mol. The van der Waals surface area contributed by atoms with Gasteiger partial charge in [-0.1, -0.05) is 30.3 Å². The smallest absolute Gasteiger partial charge is 0.322 e. The minimum Gasteiger partial charge on any atom is -0.480 e. The van der Waals surface area contributed by atoms with Gasteiger partial charge in [-0.25, -0.2) is 0 Å². The number of thioether (sulfide) groups is 1. The molecule has 32 heavy (non-hydrogen) atoms. The molecule has 4 unspecified atom stereocenters. The van der Waals surface area contributed by atoms with Crippen molar-refractivity contribution in [2.45, 2.75) is 36.3 Å². The standard InChI is InChI=1S/C19H25N3O9S/c20-11(18(28)29)6-7-13(23)22-12(17(27)21-8-14(24)25)9-32-16(19(30)31)15(26)10-4-2-1-3-5-10/h1-5,11-12,15-16,26H,6-9,20H2,(H,21,27)(H,22,23)(H,24,25)(H,28,29)(H,30,31). The van der Waals surface area contributed by atoms with Crippen LogP contribution in [0.25, 0.3) is 0 Å². The third-order valence-corrected chi connectivity index (χ3v) is 5.52. The van der Waals surface area contributed by atoms with Crippen LogP contribution in [0.4, 0.5) is 0 Å². The minimum atomic E-state index is -1.41. The fourth-order valence-corrected chi connectivity index (χ4v) is 3.58. The minimum absolute atomic E-state index is 0.206. The Kier molecular flexibility index (Phi) is 11.2. The Morgan fingerprint density at radius 2 is 1.62 bits per heavy atom. The van der Waals surface area contributed by atoms with Gasteiger partial charge in [0.25, 0.3) is 0 Å². The SMILES string of the molecule is NC(CCC(=O)NC(CSC(C(=O)O)C(O)c1ccccc1)C(=O)NCC(=O)O)C(=O)O. The zero-order valence-corrected chi connectivity index (χ0v) is 17.7. The second-order valence-electron chi connectivity index (χ2n) is 6.66. The molecule has 0 heterocycles. The van der Waals surface area contributed by atoms with Crippen molar-refractivity contribution in [1.29, 1.82) is 0 Å². The van der Waals surface area contributed by atoms with Crippen molar-refractivity contribution < 1.29 is 44.4 Å². The Morgan fingerprint density at radius 3 is 2.16 bits per heavy atom. The van der Waals surface area contributed by atoms with E-state index in [1.807, 2.05) is 0 Å². The van der Waals surface area contributed by atoms with Gasteiger partial charge in [-0.15, -0.1) is 11.8 Å². The molecular formula is C19H25N3O9S. The maximum absolute atomic E-state index is 12.3. The number of carboxylic acid groups (broad SMARTS) is 3. The molecule has 0 aromatic heterocycles. The van der Waals surface area contributed by atoms with E-state index in [1.54, 1.807) is 18.2 Å². The molecule has 0 aliphatic rings. The van der Waals surface area contributed by atoms with Gasteiger partial charge < -0.3 is 36.8 Å². The third-order valence-electron chi connectivity index (χ3n) is 4.18. The molecule has 13 heteroatoms. The summed E-state index contributed by atoms with van der Waals surface area (Å²) >= 11 is 0.683. The van der Waals surface area contributed by atoms with Gasteiger partial charge in [0.15, 0.2) is 0 Å². The van der Waals surface area contributed by atoms with Crippen LogP contribution in [0, 0.1) is 0 Å².